The molecule has 4 aromatic rings. The van der Waals surface area contributed by atoms with E-state index >= 15 is 0 Å². The summed E-state index contributed by atoms with van der Waals surface area (Å²) in [5.41, 5.74) is 8.24. The van der Waals surface area contributed by atoms with Gasteiger partial charge < -0.3 is 11.5 Å². The molecule has 2 aromatic carbocycles. The quantitative estimate of drug-likeness (QED) is 0.378. The summed E-state index contributed by atoms with van der Waals surface area (Å²) in [6.45, 7) is 1.47. The van der Waals surface area contributed by atoms with Gasteiger partial charge in [-0.15, -0.1) is 0 Å². The summed E-state index contributed by atoms with van der Waals surface area (Å²) >= 11 is 0. The second kappa shape index (κ2) is 9.34. The fourth-order valence-electron chi connectivity index (χ4n) is 4.22. The minimum atomic E-state index is -5.00. The number of halogens is 4. The Morgan fingerprint density at radius 2 is 1.73 bits per heavy atom. The van der Waals surface area contributed by atoms with E-state index in [9.17, 15) is 27.2 Å². The van der Waals surface area contributed by atoms with Crippen LogP contribution in [0.2, 0.25) is 0 Å². The van der Waals surface area contributed by atoms with Crippen molar-refractivity contribution < 1.29 is 27.2 Å². The third kappa shape index (κ3) is 4.58. The Labute approximate surface area is 207 Å². The highest BCUT2D eigenvalue weighted by molar-refractivity contribution is 6.15. The van der Waals surface area contributed by atoms with Crippen LogP contribution < -0.4 is 11.5 Å². The highest BCUT2D eigenvalue weighted by atomic mass is 19.4. The van der Waals surface area contributed by atoms with Gasteiger partial charge in [-0.3, -0.25) is 14.3 Å². The zero-order chi connectivity index (χ0) is 27.1. The molecule has 4 N–H and O–H groups in total. The molecule has 0 fully saturated rings. The molecule has 37 heavy (non-hydrogen) atoms. The number of benzene rings is 2. The van der Waals surface area contributed by atoms with Gasteiger partial charge in [0, 0.05) is 28.3 Å². The number of alkyl halides is 3. The van der Waals surface area contributed by atoms with E-state index in [0.29, 0.717) is 11.1 Å². The molecule has 2 heterocycles. The Morgan fingerprint density at radius 3 is 2.27 bits per heavy atom. The maximum atomic E-state index is 14.3. The van der Waals surface area contributed by atoms with Gasteiger partial charge in [0.15, 0.2) is 5.69 Å². The predicted molar refractivity (Wildman–Crippen MR) is 125 cm³/mol. The molecule has 0 atom stereocenters. The van der Waals surface area contributed by atoms with E-state index in [1.54, 1.807) is 19.1 Å². The molecule has 8 nitrogen and oxygen atoms in total. The summed E-state index contributed by atoms with van der Waals surface area (Å²) in [6.07, 6.45) is -5.00. The first kappa shape index (κ1) is 25.3. The van der Waals surface area contributed by atoms with Crippen molar-refractivity contribution >= 4 is 22.7 Å². The summed E-state index contributed by atoms with van der Waals surface area (Å²) in [6, 6.07) is 11.2. The van der Waals surface area contributed by atoms with Gasteiger partial charge in [0.1, 0.15) is 11.5 Å². The van der Waals surface area contributed by atoms with E-state index < -0.39 is 51.9 Å². The molecule has 0 spiro atoms. The number of fused-ring (bicyclic) bond motifs is 1. The molecule has 2 amide bonds. The number of carbonyl (C=O) groups is 2. The molecule has 0 aliphatic carbocycles. The van der Waals surface area contributed by atoms with E-state index in [-0.39, 0.29) is 29.6 Å². The average Bonchev–Trinajstić information content (AvgIpc) is 3.21. The van der Waals surface area contributed by atoms with Crippen molar-refractivity contribution in [3.8, 4) is 17.2 Å². The van der Waals surface area contributed by atoms with Crippen LogP contribution in [0.15, 0.2) is 42.5 Å². The van der Waals surface area contributed by atoms with E-state index in [4.69, 9.17) is 16.7 Å². The maximum absolute atomic E-state index is 14.3. The summed E-state index contributed by atoms with van der Waals surface area (Å²) in [5, 5.41) is 12.7. The van der Waals surface area contributed by atoms with Crippen molar-refractivity contribution in [1.82, 2.24) is 14.8 Å². The van der Waals surface area contributed by atoms with Crippen LogP contribution in [-0.2, 0) is 19.1 Å². The first-order valence-corrected chi connectivity index (χ1v) is 10.8. The molecular formula is C25H18F4N6O2. The zero-order valence-corrected chi connectivity index (χ0v) is 19.2. The molecule has 0 bridgehead atoms. The minimum Gasteiger partial charge on any atom is -0.366 e. The summed E-state index contributed by atoms with van der Waals surface area (Å²) in [7, 11) is 0. The van der Waals surface area contributed by atoms with Crippen molar-refractivity contribution in [3.63, 3.8) is 0 Å². The Hall–Kier alpha value is -4.79. The van der Waals surface area contributed by atoms with Gasteiger partial charge in [0.05, 0.1) is 29.3 Å². The zero-order valence-electron chi connectivity index (χ0n) is 19.2. The van der Waals surface area contributed by atoms with Crippen molar-refractivity contribution in [1.29, 1.82) is 5.26 Å². The summed E-state index contributed by atoms with van der Waals surface area (Å²) < 4.78 is 57.9. The van der Waals surface area contributed by atoms with Crippen LogP contribution in [0.25, 0.3) is 22.0 Å². The van der Waals surface area contributed by atoms with Crippen LogP contribution >= 0.6 is 0 Å². The lowest BCUT2D eigenvalue weighted by Crippen LogP contribution is -2.22. The van der Waals surface area contributed by atoms with Gasteiger partial charge >= 0.3 is 6.18 Å². The lowest BCUT2D eigenvalue weighted by molar-refractivity contribution is -0.141. The number of primary amides is 2. The third-order valence-corrected chi connectivity index (χ3v) is 5.75. The van der Waals surface area contributed by atoms with Gasteiger partial charge in [-0.1, -0.05) is 19.1 Å². The van der Waals surface area contributed by atoms with Gasteiger partial charge in [-0.05, 0) is 36.2 Å². The smallest absolute Gasteiger partial charge is 0.366 e. The number of hydrogen-bond donors (Lipinski definition) is 2. The number of rotatable bonds is 6. The molecule has 0 saturated carbocycles. The van der Waals surface area contributed by atoms with Gasteiger partial charge in [0.25, 0.3) is 5.91 Å². The molecule has 12 heteroatoms. The van der Waals surface area contributed by atoms with Gasteiger partial charge in [-0.25, -0.2) is 9.37 Å². The lowest BCUT2D eigenvalue weighted by Gasteiger charge is -2.16. The molecular weight excluding hydrogens is 492 g/mol. The van der Waals surface area contributed by atoms with E-state index in [0.717, 1.165) is 22.9 Å². The van der Waals surface area contributed by atoms with Crippen molar-refractivity contribution in [2.24, 2.45) is 11.5 Å². The number of nitrogens with zero attached hydrogens (tertiary/aromatic N) is 4. The van der Waals surface area contributed by atoms with Gasteiger partial charge in [-0.2, -0.15) is 23.5 Å². The largest absolute Gasteiger partial charge is 0.435 e. The molecule has 0 aliphatic rings. The Bertz CT molecular complexity index is 1600. The lowest BCUT2D eigenvalue weighted by atomic mass is 9.91. The van der Waals surface area contributed by atoms with Crippen LogP contribution in [0.1, 0.15) is 50.3 Å². The van der Waals surface area contributed by atoms with Crippen LogP contribution in [0.3, 0.4) is 0 Å². The maximum Gasteiger partial charge on any atom is 0.435 e. The monoisotopic (exact) mass is 510 g/mol. The molecule has 2 aromatic heterocycles. The van der Waals surface area contributed by atoms with Crippen LogP contribution in [0.4, 0.5) is 17.6 Å². The van der Waals surface area contributed by atoms with Crippen molar-refractivity contribution in [2.45, 2.75) is 26.1 Å². The normalized spacial score (nSPS) is 11.5. The number of aromatic nitrogens is 3. The average molecular weight is 510 g/mol. The molecule has 0 saturated heterocycles. The van der Waals surface area contributed by atoms with E-state index in [1.807, 2.05) is 6.07 Å². The molecule has 0 aliphatic heterocycles. The first-order valence-electron chi connectivity index (χ1n) is 10.8. The summed E-state index contributed by atoms with van der Waals surface area (Å²) in [5.74, 6) is -3.15. The van der Waals surface area contributed by atoms with Crippen molar-refractivity contribution in [2.75, 3.05) is 0 Å². The Balaban J connectivity index is 2.10. The number of pyridine rings is 1. The molecule has 4 rings (SSSR count). The SMILES string of the molecule is CCc1c(-c2c(C(N)=O)nc3cc(F)ccc3c2C(N)=O)c(C(F)(F)F)nn1Cc1ccc(C#N)cc1. The van der Waals surface area contributed by atoms with E-state index in [1.165, 1.54) is 12.1 Å². The number of amides is 2. The number of hydrogen-bond acceptors (Lipinski definition) is 5. The summed E-state index contributed by atoms with van der Waals surface area (Å²) in [4.78, 5) is 29.0. The Kier molecular flexibility index (Phi) is 6.39. The highest BCUT2D eigenvalue weighted by Gasteiger charge is 2.42. The minimum absolute atomic E-state index is 0.00650. The van der Waals surface area contributed by atoms with E-state index in [2.05, 4.69) is 10.1 Å². The standard InChI is InChI=1S/C25H18F4N6O2/c1-2-17-19(22(25(27,28)29)34-35(17)11-13-5-3-12(10-30)4-6-13)20-18(23(31)36)15-8-7-14(26)9-16(15)33-21(20)24(32)37/h3-9H,2,11H2,1H3,(H2,31,36)(H2,32,37). The Morgan fingerprint density at radius 1 is 1.05 bits per heavy atom. The van der Waals surface area contributed by atoms with Gasteiger partial charge in [0.2, 0.25) is 5.91 Å². The number of carbonyl (C=O) groups excluding carboxylic acids is 2. The molecule has 188 valence electrons. The molecule has 0 radical (unpaired) electrons. The second-order valence-corrected chi connectivity index (χ2v) is 8.09. The number of nitrogens with two attached hydrogens (primary N) is 2. The van der Waals surface area contributed by atoms with Crippen molar-refractivity contribution in [3.05, 3.63) is 82.1 Å². The molecule has 0 unspecified atom stereocenters. The second-order valence-electron chi connectivity index (χ2n) is 8.09. The third-order valence-electron chi connectivity index (χ3n) is 5.75. The fourth-order valence-corrected chi connectivity index (χ4v) is 4.22. The number of nitriles is 1. The topological polar surface area (TPSA) is 141 Å². The van der Waals surface area contributed by atoms with Crippen LogP contribution in [-0.4, -0.2) is 26.6 Å². The highest BCUT2D eigenvalue weighted by Crippen LogP contribution is 2.43. The fraction of sp³-hybridized carbons (Fsp3) is 0.160. The van der Waals surface area contributed by atoms with Crippen LogP contribution in [0.5, 0.6) is 0 Å². The van der Waals surface area contributed by atoms with Crippen LogP contribution in [0, 0.1) is 17.1 Å². The predicted octanol–water partition coefficient (Wildman–Crippen LogP) is 3.94. The first-order chi connectivity index (χ1) is 17.5.